The standard InChI is InChI=1S/C22H26N2O7/c1-14-9-17(15(2)24(14)7-4-8-28-3)18(25)12-29-21(26)11-23-22(27)16-5-6-19-20(10-16)31-13-30-19/h5-6,9-10H,4,7-8,11-13H2,1-3H3,(H,23,27). The van der Waals surface area contributed by atoms with Crippen LogP contribution in [0.2, 0.25) is 0 Å². The average Bonchev–Trinajstić information content (AvgIpc) is 3.34. The first-order valence-corrected chi connectivity index (χ1v) is 9.93. The number of benzene rings is 1. The molecule has 2 heterocycles. The molecule has 9 heteroatoms. The molecular weight excluding hydrogens is 404 g/mol. The zero-order valence-electron chi connectivity index (χ0n) is 17.9. The SMILES string of the molecule is COCCCn1c(C)cc(C(=O)COC(=O)CNC(=O)c2ccc3c(c2)OCO3)c1C. The molecule has 2 aromatic rings. The number of fused-ring (bicyclic) bond motifs is 1. The smallest absolute Gasteiger partial charge is 0.325 e. The number of ketones is 1. The van der Waals surface area contributed by atoms with E-state index in [2.05, 4.69) is 5.32 Å². The summed E-state index contributed by atoms with van der Waals surface area (Å²) in [6.07, 6.45) is 0.832. The molecule has 0 saturated carbocycles. The first kappa shape index (κ1) is 22.4. The summed E-state index contributed by atoms with van der Waals surface area (Å²) in [7, 11) is 1.65. The number of rotatable bonds is 10. The van der Waals surface area contributed by atoms with Crippen molar-refractivity contribution in [2.24, 2.45) is 0 Å². The topological polar surface area (TPSA) is 105 Å². The molecule has 0 aliphatic carbocycles. The molecule has 1 aliphatic rings. The number of carbonyl (C=O) groups is 3. The number of amides is 1. The summed E-state index contributed by atoms with van der Waals surface area (Å²) in [4.78, 5) is 36.7. The van der Waals surface area contributed by atoms with Crippen molar-refractivity contribution in [2.45, 2.75) is 26.8 Å². The molecule has 0 radical (unpaired) electrons. The van der Waals surface area contributed by atoms with Crippen molar-refractivity contribution >= 4 is 17.7 Å². The second-order valence-corrected chi connectivity index (χ2v) is 7.12. The Morgan fingerprint density at radius 1 is 1.13 bits per heavy atom. The quantitative estimate of drug-likeness (QED) is 0.349. The van der Waals surface area contributed by atoms with Crippen molar-refractivity contribution in [2.75, 3.05) is 33.7 Å². The van der Waals surface area contributed by atoms with Crippen LogP contribution in [0, 0.1) is 13.8 Å². The van der Waals surface area contributed by atoms with E-state index in [1.807, 2.05) is 18.4 Å². The van der Waals surface area contributed by atoms with Gasteiger partial charge in [-0.2, -0.15) is 0 Å². The summed E-state index contributed by atoms with van der Waals surface area (Å²) in [6, 6.07) is 6.52. The Bertz CT molecular complexity index is 980. The molecule has 0 fully saturated rings. The van der Waals surface area contributed by atoms with Crippen molar-refractivity contribution in [3.05, 3.63) is 46.8 Å². The molecule has 0 bridgehead atoms. The lowest BCUT2D eigenvalue weighted by molar-refractivity contribution is -0.141. The van der Waals surface area contributed by atoms with Gasteiger partial charge in [-0.1, -0.05) is 0 Å². The summed E-state index contributed by atoms with van der Waals surface area (Å²) in [6.45, 7) is 4.53. The van der Waals surface area contributed by atoms with E-state index < -0.39 is 11.9 Å². The van der Waals surface area contributed by atoms with Crippen LogP contribution in [0.3, 0.4) is 0 Å². The molecule has 9 nitrogen and oxygen atoms in total. The zero-order valence-corrected chi connectivity index (χ0v) is 17.9. The molecule has 166 valence electrons. The molecular formula is C22H26N2O7. The normalized spacial score (nSPS) is 12.0. The molecule has 0 unspecified atom stereocenters. The molecule has 3 rings (SSSR count). The fourth-order valence-corrected chi connectivity index (χ4v) is 3.36. The fourth-order valence-electron chi connectivity index (χ4n) is 3.36. The number of aryl methyl sites for hydroxylation is 1. The highest BCUT2D eigenvalue weighted by molar-refractivity contribution is 6.00. The second kappa shape index (κ2) is 10.1. The highest BCUT2D eigenvalue weighted by Gasteiger charge is 2.19. The second-order valence-electron chi connectivity index (χ2n) is 7.12. The molecule has 1 amide bonds. The van der Waals surface area contributed by atoms with Gasteiger partial charge in [0.25, 0.3) is 5.91 Å². The summed E-state index contributed by atoms with van der Waals surface area (Å²) in [5.74, 6) is -0.410. The third kappa shape index (κ3) is 5.43. The molecule has 1 aliphatic heterocycles. The van der Waals surface area contributed by atoms with Crippen molar-refractivity contribution in [3.63, 3.8) is 0 Å². The minimum atomic E-state index is -0.698. The number of ether oxygens (including phenoxy) is 4. The molecule has 0 spiro atoms. The van der Waals surface area contributed by atoms with Crippen LogP contribution in [0.4, 0.5) is 0 Å². The van der Waals surface area contributed by atoms with Crippen LogP contribution >= 0.6 is 0 Å². The van der Waals surface area contributed by atoms with Crippen molar-refractivity contribution in [3.8, 4) is 11.5 Å². The summed E-state index contributed by atoms with van der Waals surface area (Å²) in [5, 5.41) is 2.47. The Hall–Kier alpha value is -3.33. The van der Waals surface area contributed by atoms with E-state index in [0.717, 1.165) is 24.4 Å². The van der Waals surface area contributed by atoms with Gasteiger partial charge in [-0.25, -0.2) is 0 Å². The summed E-state index contributed by atoms with van der Waals surface area (Å²) >= 11 is 0. The highest BCUT2D eigenvalue weighted by Crippen LogP contribution is 2.32. The van der Waals surface area contributed by atoms with Gasteiger partial charge >= 0.3 is 5.97 Å². The first-order valence-electron chi connectivity index (χ1n) is 9.93. The lowest BCUT2D eigenvalue weighted by Crippen LogP contribution is -2.31. The monoisotopic (exact) mass is 430 g/mol. The zero-order chi connectivity index (χ0) is 22.4. The lowest BCUT2D eigenvalue weighted by atomic mass is 10.1. The largest absolute Gasteiger partial charge is 0.456 e. The van der Waals surface area contributed by atoms with Gasteiger partial charge in [-0.15, -0.1) is 0 Å². The third-order valence-corrected chi connectivity index (χ3v) is 5.00. The number of methoxy groups -OCH3 is 1. The highest BCUT2D eigenvalue weighted by atomic mass is 16.7. The predicted molar refractivity (Wildman–Crippen MR) is 111 cm³/mol. The van der Waals surface area contributed by atoms with Gasteiger partial charge in [0, 0.05) is 42.8 Å². The van der Waals surface area contributed by atoms with Crippen molar-refractivity contribution in [1.82, 2.24) is 9.88 Å². The summed E-state index contributed by atoms with van der Waals surface area (Å²) in [5.41, 5.74) is 2.63. The lowest BCUT2D eigenvalue weighted by Gasteiger charge is -2.09. The molecule has 31 heavy (non-hydrogen) atoms. The molecule has 0 atom stereocenters. The van der Waals surface area contributed by atoms with Crippen LogP contribution in [0.25, 0.3) is 0 Å². The molecule has 0 saturated heterocycles. The van der Waals surface area contributed by atoms with E-state index in [0.29, 0.717) is 29.2 Å². The van der Waals surface area contributed by atoms with Crippen LogP contribution in [-0.4, -0.2) is 55.9 Å². The van der Waals surface area contributed by atoms with E-state index in [4.69, 9.17) is 18.9 Å². The Morgan fingerprint density at radius 2 is 1.90 bits per heavy atom. The number of carbonyl (C=O) groups excluding carboxylic acids is 3. The molecule has 1 N–H and O–H groups in total. The van der Waals surface area contributed by atoms with Crippen LogP contribution in [0.1, 0.15) is 38.5 Å². The molecule has 1 aromatic heterocycles. The Morgan fingerprint density at radius 3 is 2.68 bits per heavy atom. The maximum atomic E-state index is 12.5. The van der Waals surface area contributed by atoms with E-state index in [-0.39, 0.29) is 25.7 Å². The minimum Gasteiger partial charge on any atom is -0.456 e. The van der Waals surface area contributed by atoms with Gasteiger partial charge < -0.3 is 28.8 Å². The molecule has 1 aromatic carbocycles. The number of aromatic nitrogens is 1. The van der Waals surface area contributed by atoms with Gasteiger partial charge in [0.1, 0.15) is 6.54 Å². The van der Waals surface area contributed by atoms with Crippen LogP contribution in [-0.2, 0) is 20.8 Å². The van der Waals surface area contributed by atoms with Gasteiger partial charge in [0.15, 0.2) is 18.1 Å². The van der Waals surface area contributed by atoms with Gasteiger partial charge in [-0.05, 0) is 44.5 Å². The number of nitrogens with zero attached hydrogens (tertiary/aromatic N) is 1. The number of hydrogen-bond donors (Lipinski definition) is 1. The van der Waals surface area contributed by atoms with Crippen LogP contribution in [0.5, 0.6) is 11.5 Å². The number of Topliss-reactive ketones (excluding diaryl/α,β-unsaturated/α-hetero) is 1. The number of nitrogens with one attached hydrogen (secondary N) is 1. The van der Waals surface area contributed by atoms with E-state index >= 15 is 0 Å². The van der Waals surface area contributed by atoms with Gasteiger partial charge in [0.2, 0.25) is 12.6 Å². The Kier molecular flexibility index (Phi) is 7.30. The Balaban J connectivity index is 1.47. The minimum absolute atomic E-state index is 0.107. The maximum absolute atomic E-state index is 12.5. The van der Waals surface area contributed by atoms with E-state index in [9.17, 15) is 14.4 Å². The van der Waals surface area contributed by atoms with E-state index in [1.54, 1.807) is 25.3 Å². The van der Waals surface area contributed by atoms with Crippen molar-refractivity contribution in [1.29, 1.82) is 0 Å². The van der Waals surface area contributed by atoms with Gasteiger partial charge in [-0.3, -0.25) is 14.4 Å². The average molecular weight is 430 g/mol. The van der Waals surface area contributed by atoms with Crippen molar-refractivity contribution < 1.29 is 33.3 Å². The Labute approximate surface area is 180 Å². The van der Waals surface area contributed by atoms with E-state index in [1.165, 1.54) is 6.07 Å². The van der Waals surface area contributed by atoms with Crippen LogP contribution in [0.15, 0.2) is 24.3 Å². The third-order valence-electron chi connectivity index (χ3n) is 5.00. The predicted octanol–water partition coefficient (Wildman–Crippen LogP) is 2.03. The van der Waals surface area contributed by atoms with Gasteiger partial charge in [0.05, 0.1) is 0 Å². The number of hydrogen-bond acceptors (Lipinski definition) is 7. The van der Waals surface area contributed by atoms with Crippen LogP contribution < -0.4 is 14.8 Å². The maximum Gasteiger partial charge on any atom is 0.325 e. The number of esters is 1. The summed E-state index contributed by atoms with van der Waals surface area (Å²) < 4.78 is 22.6. The fraction of sp³-hybridized carbons (Fsp3) is 0.409. The first-order chi connectivity index (χ1) is 14.9.